The fraction of sp³-hybridized carbons (Fsp3) is 0.300. The monoisotopic (exact) mass is 283 g/mol. The van der Waals surface area contributed by atoms with Crippen molar-refractivity contribution < 1.29 is 19.3 Å². The molecule has 0 unspecified atom stereocenters. The number of hydrogen-bond acceptors (Lipinski definition) is 7. The third-order valence-corrected chi connectivity index (χ3v) is 3.76. The summed E-state index contributed by atoms with van der Waals surface area (Å²) in [6.45, 7) is 1.00. The quantitative estimate of drug-likeness (QED) is 0.370. The molecule has 0 spiro atoms. The Balaban J connectivity index is 2.42. The van der Waals surface area contributed by atoms with Crippen molar-refractivity contribution in [1.82, 2.24) is 5.32 Å². The van der Waals surface area contributed by atoms with Gasteiger partial charge >= 0.3 is 5.69 Å². The molecule has 8 nitrogen and oxygen atoms in total. The van der Waals surface area contributed by atoms with Gasteiger partial charge in [0.15, 0.2) is 10.8 Å². The molecule has 0 aliphatic carbocycles. The van der Waals surface area contributed by atoms with Crippen LogP contribution < -0.4 is 10.2 Å². The molecule has 0 aromatic carbocycles. The van der Waals surface area contributed by atoms with Crippen LogP contribution in [0.5, 0.6) is 0 Å². The van der Waals surface area contributed by atoms with Crippen LogP contribution >= 0.6 is 11.3 Å². The number of imide groups is 1. The zero-order valence-electron chi connectivity index (χ0n) is 9.84. The van der Waals surface area contributed by atoms with Gasteiger partial charge in [0, 0.05) is 6.07 Å². The first-order valence-corrected chi connectivity index (χ1v) is 6.07. The first-order chi connectivity index (χ1) is 8.88. The average Bonchev–Trinajstić information content (AvgIpc) is 2.72. The van der Waals surface area contributed by atoms with E-state index >= 15 is 0 Å². The van der Waals surface area contributed by atoms with E-state index in [4.69, 9.17) is 0 Å². The first kappa shape index (κ1) is 13.1. The number of ketones is 1. The normalized spacial score (nSPS) is 15.3. The third kappa shape index (κ3) is 2.60. The molecule has 0 atom stereocenters. The van der Waals surface area contributed by atoms with Gasteiger partial charge in [0.1, 0.15) is 0 Å². The number of thiophene rings is 1. The molecule has 2 heterocycles. The lowest BCUT2D eigenvalue weighted by molar-refractivity contribution is -0.383. The van der Waals surface area contributed by atoms with Crippen molar-refractivity contribution in [2.24, 2.45) is 0 Å². The smallest absolute Gasteiger partial charge is 0.304 e. The van der Waals surface area contributed by atoms with E-state index in [2.05, 4.69) is 5.32 Å². The predicted octanol–water partition coefficient (Wildman–Crippen LogP) is 0.322. The lowest BCUT2D eigenvalue weighted by Gasteiger charge is -2.25. The number of amides is 2. The SMILES string of the molecule is CC(=O)c1cc([N+](=O)[O-])c(N2CC(=O)NC(=O)C2)s1. The highest BCUT2D eigenvalue weighted by molar-refractivity contribution is 7.18. The second-order valence-electron chi connectivity index (χ2n) is 3.94. The standard InChI is InChI=1S/C10H9N3O5S/c1-5(14)7-2-6(13(17)18)10(19-7)12-3-8(15)11-9(16)4-12/h2H,3-4H2,1H3,(H,11,15,16). The first-order valence-electron chi connectivity index (χ1n) is 5.25. The molecule has 2 rings (SSSR count). The number of carbonyl (C=O) groups excluding carboxylic acids is 3. The van der Waals surface area contributed by atoms with Crippen molar-refractivity contribution >= 4 is 39.6 Å². The average molecular weight is 283 g/mol. The summed E-state index contributed by atoms with van der Waals surface area (Å²) >= 11 is 0.909. The molecule has 1 aliphatic rings. The number of rotatable bonds is 3. The highest BCUT2D eigenvalue weighted by Gasteiger charge is 2.30. The highest BCUT2D eigenvalue weighted by atomic mass is 32.1. The van der Waals surface area contributed by atoms with Gasteiger partial charge in [-0.2, -0.15) is 0 Å². The van der Waals surface area contributed by atoms with Gasteiger partial charge < -0.3 is 4.90 Å². The summed E-state index contributed by atoms with van der Waals surface area (Å²) in [5.74, 6) is -1.35. The summed E-state index contributed by atoms with van der Waals surface area (Å²) < 4.78 is 0. The number of carbonyl (C=O) groups is 3. The van der Waals surface area contributed by atoms with E-state index in [0.717, 1.165) is 11.3 Å². The minimum absolute atomic E-state index is 0.148. The second-order valence-corrected chi connectivity index (χ2v) is 4.97. The van der Waals surface area contributed by atoms with Crippen molar-refractivity contribution in [3.63, 3.8) is 0 Å². The molecular weight excluding hydrogens is 274 g/mol. The van der Waals surface area contributed by atoms with Crippen LogP contribution in [0, 0.1) is 10.1 Å². The van der Waals surface area contributed by atoms with Gasteiger partial charge in [-0.3, -0.25) is 29.8 Å². The van der Waals surface area contributed by atoms with Crippen LogP contribution in [0.3, 0.4) is 0 Å². The molecule has 19 heavy (non-hydrogen) atoms. The Morgan fingerprint density at radius 3 is 2.47 bits per heavy atom. The maximum absolute atomic E-state index is 11.3. The molecule has 1 aromatic heterocycles. The summed E-state index contributed by atoms with van der Waals surface area (Å²) in [4.78, 5) is 45.7. The Bertz CT molecular complexity index is 578. The number of hydrogen-bond donors (Lipinski definition) is 1. The summed E-state index contributed by atoms with van der Waals surface area (Å²) in [7, 11) is 0. The molecule has 100 valence electrons. The van der Waals surface area contributed by atoms with Gasteiger partial charge in [-0.25, -0.2) is 0 Å². The van der Waals surface area contributed by atoms with Crippen LogP contribution in [0.15, 0.2) is 6.07 Å². The van der Waals surface area contributed by atoms with E-state index in [-0.39, 0.29) is 34.4 Å². The van der Waals surface area contributed by atoms with Crippen molar-refractivity contribution in [2.75, 3.05) is 18.0 Å². The summed E-state index contributed by atoms with van der Waals surface area (Å²) in [6, 6.07) is 1.17. The molecule has 0 radical (unpaired) electrons. The Morgan fingerprint density at radius 1 is 1.42 bits per heavy atom. The van der Waals surface area contributed by atoms with Gasteiger partial charge in [0.2, 0.25) is 11.8 Å². The van der Waals surface area contributed by atoms with Crippen LogP contribution in [-0.4, -0.2) is 35.6 Å². The van der Waals surface area contributed by atoms with Gasteiger partial charge in [0.25, 0.3) is 0 Å². The molecular formula is C10H9N3O5S. The summed E-state index contributed by atoms with van der Waals surface area (Å²) in [5, 5.41) is 13.2. The van der Waals surface area contributed by atoms with E-state index in [0.29, 0.717) is 0 Å². The maximum Gasteiger partial charge on any atom is 0.304 e. The van der Waals surface area contributed by atoms with Gasteiger partial charge in [0.05, 0.1) is 22.9 Å². The van der Waals surface area contributed by atoms with Crippen LogP contribution in [0.4, 0.5) is 10.7 Å². The van der Waals surface area contributed by atoms with Crippen molar-refractivity contribution in [3.05, 3.63) is 21.1 Å². The predicted molar refractivity (Wildman–Crippen MR) is 66.3 cm³/mol. The minimum atomic E-state index is -0.630. The molecule has 2 amide bonds. The van der Waals surface area contributed by atoms with Gasteiger partial charge in [-0.1, -0.05) is 0 Å². The van der Waals surface area contributed by atoms with Crippen molar-refractivity contribution in [1.29, 1.82) is 0 Å². The lowest BCUT2D eigenvalue weighted by atomic mass is 10.3. The maximum atomic E-state index is 11.3. The number of nitrogens with zero attached hydrogens (tertiary/aromatic N) is 2. The fourth-order valence-corrected chi connectivity index (χ4v) is 2.70. The number of nitro groups is 1. The Hall–Kier alpha value is -2.29. The number of piperazine rings is 1. The molecule has 1 aromatic rings. The second kappa shape index (κ2) is 4.76. The van der Waals surface area contributed by atoms with Crippen LogP contribution in [-0.2, 0) is 9.59 Å². The molecule has 1 N–H and O–H groups in total. The van der Waals surface area contributed by atoms with E-state index in [1.165, 1.54) is 17.9 Å². The lowest BCUT2D eigenvalue weighted by Crippen LogP contribution is -2.51. The van der Waals surface area contributed by atoms with Crippen LogP contribution in [0.25, 0.3) is 0 Å². The number of anilines is 1. The summed E-state index contributed by atoms with van der Waals surface area (Å²) in [6.07, 6.45) is 0. The van der Waals surface area contributed by atoms with Gasteiger partial charge in [-0.15, -0.1) is 11.3 Å². The van der Waals surface area contributed by atoms with E-state index in [1.54, 1.807) is 0 Å². The molecule has 1 fully saturated rings. The van der Waals surface area contributed by atoms with Crippen molar-refractivity contribution in [3.8, 4) is 0 Å². The molecule has 0 bridgehead atoms. The summed E-state index contributed by atoms with van der Waals surface area (Å²) in [5.41, 5.74) is -0.266. The van der Waals surface area contributed by atoms with E-state index in [9.17, 15) is 24.5 Å². The highest BCUT2D eigenvalue weighted by Crippen LogP contribution is 2.38. The molecule has 1 aliphatic heterocycles. The minimum Gasteiger partial charge on any atom is -0.339 e. The van der Waals surface area contributed by atoms with Crippen molar-refractivity contribution in [2.45, 2.75) is 6.92 Å². The van der Waals surface area contributed by atoms with E-state index in [1.807, 2.05) is 0 Å². The zero-order chi connectivity index (χ0) is 14.2. The van der Waals surface area contributed by atoms with Crippen LogP contribution in [0.1, 0.15) is 16.6 Å². The molecule has 0 saturated carbocycles. The molecule has 9 heteroatoms. The number of nitrogens with one attached hydrogen (secondary N) is 1. The van der Waals surface area contributed by atoms with E-state index < -0.39 is 16.7 Å². The third-order valence-electron chi connectivity index (χ3n) is 2.47. The topological polar surface area (TPSA) is 110 Å². The molecule has 1 saturated heterocycles. The van der Waals surface area contributed by atoms with Gasteiger partial charge in [-0.05, 0) is 6.92 Å². The fourth-order valence-electron chi connectivity index (χ4n) is 1.68. The zero-order valence-corrected chi connectivity index (χ0v) is 10.7. The Morgan fingerprint density at radius 2 is 2.00 bits per heavy atom. The van der Waals surface area contributed by atoms with Crippen LogP contribution in [0.2, 0.25) is 0 Å². The largest absolute Gasteiger partial charge is 0.339 e. The Kier molecular flexibility index (Phi) is 3.30. The Labute approximate surface area is 111 Å². The number of Topliss-reactive ketones (excluding diaryl/α,β-unsaturated/α-hetero) is 1.